The first-order valence-electron chi connectivity index (χ1n) is 6.98. The van der Waals surface area contributed by atoms with E-state index in [0.29, 0.717) is 0 Å². The summed E-state index contributed by atoms with van der Waals surface area (Å²) in [4.78, 5) is 47.2. The van der Waals surface area contributed by atoms with Gasteiger partial charge in [-0.2, -0.15) is 0 Å². The van der Waals surface area contributed by atoms with Gasteiger partial charge >= 0.3 is 0 Å². The Morgan fingerprint density at radius 1 is 0.960 bits per heavy atom. The molecule has 4 N–H and O–H groups in total. The number of ketones is 4. The van der Waals surface area contributed by atoms with Gasteiger partial charge in [0.25, 0.3) is 0 Å². The molecule has 0 bridgehead atoms. The first kappa shape index (κ1) is 24.2. The second-order valence-corrected chi connectivity index (χ2v) is 5.79. The van der Waals surface area contributed by atoms with Crippen LogP contribution in [-0.2, 0) is 23.9 Å². The summed E-state index contributed by atoms with van der Waals surface area (Å²) in [5, 5.41) is 41.8. The summed E-state index contributed by atoms with van der Waals surface area (Å²) < 4.78 is 4.98. The van der Waals surface area contributed by atoms with E-state index in [4.69, 9.17) is 4.74 Å². The Labute approximate surface area is 154 Å². The predicted octanol–water partition coefficient (Wildman–Crippen LogP) is -1.94. The van der Waals surface area contributed by atoms with Gasteiger partial charge in [-0.1, -0.05) is 0 Å². The van der Waals surface area contributed by atoms with Crippen molar-refractivity contribution in [3.05, 3.63) is 0 Å². The number of aliphatic hydroxyl groups excluding tert-OH is 1. The highest BCUT2D eigenvalue weighted by molar-refractivity contribution is 8.59. The third-order valence-electron chi connectivity index (χ3n) is 4.37. The molecule has 0 aromatic heterocycles. The second kappa shape index (κ2) is 8.25. The summed E-state index contributed by atoms with van der Waals surface area (Å²) in [6.07, 6.45) is -4.10. The predicted molar refractivity (Wildman–Crippen MR) is 91.3 cm³/mol. The van der Waals surface area contributed by atoms with Crippen molar-refractivity contribution >= 4 is 46.5 Å². The summed E-state index contributed by atoms with van der Waals surface area (Å²) in [5.74, 6) is -4.60. The van der Waals surface area contributed by atoms with Gasteiger partial charge in [0.05, 0.1) is 6.61 Å². The number of rotatable bonds is 5. The van der Waals surface area contributed by atoms with Gasteiger partial charge in [0, 0.05) is 0 Å². The fraction of sp³-hybridized carbons (Fsp3) is 0.714. The summed E-state index contributed by atoms with van der Waals surface area (Å²) in [7, 11) is 0. The van der Waals surface area contributed by atoms with E-state index in [9.17, 15) is 39.6 Å². The molecule has 0 amide bonds. The fourth-order valence-corrected chi connectivity index (χ4v) is 2.86. The Hall–Kier alpha value is -0.820. The minimum atomic E-state index is -3.29. The van der Waals surface area contributed by atoms with Crippen LogP contribution in [0.25, 0.3) is 0 Å². The van der Waals surface area contributed by atoms with Crippen molar-refractivity contribution in [3.63, 3.8) is 0 Å². The maximum absolute atomic E-state index is 12.0. The van der Waals surface area contributed by atoms with Crippen LogP contribution in [0.4, 0.5) is 0 Å². The highest BCUT2D eigenvalue weighted by atomic mass is 33.1. The average molecular weight is 398 g/mol. The van der Waals surface area contributed by atoms with Crippen LogP contribution in [0.1, 0.15) is 27.7 Å². The number of ether oxygens (including phenoxy) is 1. The minimum absolute atomic E-state index is 0.754. The molecule has 0 aromatic rings. The number of carbonyl (C=O) groups excluding carboxylic acids is 4. The molecule has 1 saturated heterocycles. The third kappa shape index (κ3) is 3.42. The summed E-state index contributed by atoms with van der Waals surface area (Å²) in [5.41, 5.74) is -9.42. The van der Waals surface area contributed by atoms with Crippen LogP contribution in [-0.4, -0.2) is 79.2 Å². The number of carbonyl (C=O) groups is 4. The Morgan fingerprint density at radius 3 is 1.68 bits per heavy atom. The van der Waals surface area contributed by atoms with E-state index in [1.165, 1.54) is 0 Å². The fourth-order valence-electron chi connectivity index (χ4n) is 2.86. The molecule has 9 nitrogen and oxygen atoms in total. The molecule has 1 heterocycles. The van der Waals surface area contributed by atoms with E-state index >= 15 is 0 Å². The van der Waals surface area contributed by atoms with Gasteiger partial charge in [-0.05, 0) is 27.7 Å². The van der Waals surface area contributed by atoms with Crippen LogP contribution in [0, 0.1) is 0 Å². The molecule has 1 unspecified atom stereocenters. The first-order valence-corrected chi connectivity index (χ1v) is 8.58. The molecule has 1 aliphatic rings. The first-order chi connectivity index (χ1) is 11.3. The highest BCUT2D eigenvalue weighted by Gasteiger charge is 2.76. The van der Waals surface area contributed by atoms with Crippen LogP contribution < -0.4 is 0 Å². The molecule has 1 aliphatic heterocycles. The third-order valence-corrected chi connectivity index (χ3v) is 4.37. The zero-order valence-electron chi connectivity index (χ0n) is 14.1. The van der Waals surface area contributed by atoms with Crippen molar-refractivity contribution in [3.8, 4) is 0 Å². The van der Waals surface area contributed by atoms with Gasteiger partial charge in [0.15, 0.2) is 39.9 Å². The molecule has 1 rings (SSSR count). The SMILES string of the molecule is CC(=O)C(O)[C@H]1OC[C@@](O)(C(C)=O)[C@](O)(C(C)=O)[C@@]1(O)C(C)=O.SS. The lowest BCUT2D eigenvalue weighted by molar-refractivity contribution is -0.304. The molecule has 0 spiro atoms. The maximum Gasteiger partial charge on any atom is 0.199 e. The van der Waals surface area contributed by atoms with Crippen LogP contribution in [0.5, 0.6) is 0 Å². The van der Waals surface area contributed by atoms with Crippen molar-refractivity contribution in [2.24, 2.45) is 0 Å². The Morgan fingerprint density at radius 2 is 1.40 bits per heavy atom. The molecular formula is C14H22O9S2. The molecule has 0 aliphatic carbocycles. The van der Waals surface area contributed by atoms with Crippen molar-refractivity contribution in [2.75, 3.05) is 6.61 Å². The molecule has 0 saturated carbocycles. The lowest BCUT2D eigenvalue weighted by Crippen LogP contribution is -2.84. The van der Waals surface area contributed by atoms with Gasteiger partial charge in [-0.25, -0.2) is 0 Å². The van der Waals surface area contributed by atoms with Gasteiger partial charge in [0.2, 0.25) is 0 Å². The Kier molecular flexibility index (Phi) is 7.98. The number of hydrogen-bond acceptors (Lipinski definition) is 11. The molecule has 5 atom stereocenters. The van der Waals surface area contributed by atoms with Gasteiger partial charge in [-0.15, -0.1) is 23.3 Å². The number of aliphatic hydroxyl groups is 4. The average Bonchev–Trinajstić information content (AvgIpc) is 2.53. The number of thiol groups is 2. The second-order valence-electron chi connectivity index (χ2n) is 5.79. The molecule has 0 aromatic carbocycles. The largest absolute Gasteiger partial charge is 0.382 e. The van der Waals surface area contributed by atoms with Gasteiger partial charge < -0.3 is 25.2 Å². The molecule has 11 heteroatoms. The van der Waals surface area contributed by atoms with Gasteiger partial charge in [-0.3, -0.25) is 19.2 Å². The maximum atomic E-state index is 12.0. The number of hydrogen-bond donors (Lipinski definition) is 6. The van der Waals surface area contributed by atoms with Crippen LogP contribution in [0.3, 0.4) is 0 Å². The summed E-state index contributed by atoms with van der Waals surface area (Å²) >= 11 is 6.44. The zero-order valence-corrected chi connectivity index (χ0v) is 15.9. The van der Waals surface area contributed by atoms with E-state index in [1.54, 1.807) is 0 Å². The van der Waals surface area contributed by atoms with E-state index in [-0.39, 0.29) is 0 Å². The monoisotopic (exact) mass is 398 g/mol. The molecular weight excluding hydrogens is 376 g/mol. The normalized spacial score (nSPS) is 35.8. The van der Waals surface area contributed by atoms with Crippen LogP contribution >= 0.6 is 23.3 Å². The van der Waals surface area contributed by atoms with E-state index in [2.05, 4.69) is 23.3 Å². The Balaban J connectivity index is 0.00000277. The van der Waals surface area contributed by atoms with E-state index in [0.717, 1.165) is 27.7 Å². The van der Waals surface area contributed by atoms with Crippen molar-refractivity contribution in [2.45, 2.75) is 56.7 Å². The molecule has 1 fully saturated rings. The summed E-state index contributed by atoms with van der Waals surface area (Å²) in [6.45, 7) is 2.29. The smallest absolute Gasteiger partial charge is 0.199 e. The zero-order chi connectivity index (χ0) is 20.4. The lowest BCUT2D eigenvalue weighted by Gasteiger charge is -2.55. The van der Waals surface area contributed by atoms with Crippen molar-refractivity contribution in [1.82, 2.24) is 0 Å². The highest BCUT2D eigenvalue weighted by Crippen LogP contribution is 2.44. The van der Waals surface area contributed by atoms with Crippen LogP contribution in [0.15, 0.2) is 0 Å². The molecule has 144 valence electrons. The standard InChI is InChI=1S/C14H20O9.H2S2/c1-6(15)10(19)11-13(21,8(3)17)14(22,9(4)18)12(20,5-23-11)7(2)16;1-2/h10-11,19-22H,5H2,1-4H3;1-2H/t10?,11-,12-,13-,14-;/m1./s1. The van der Waals surface area contributed by atoms with Crippen molar-refractivity contribution < 1.29 is 44.3 Å². The van der Waals surface area contributed by atoms with Crippen LogP contribution in [0.2, 0.25) is 0 Å². The summed E-state index contributed by atoms with van der Waals surface area (Å²) in [6, 6.07) is 0. The van der Waals surface area contributed by atoms with Gasteiger partial charge in [0.1, 0.15) is 12.2 Å². The van der Waals surface area contributed by atoms with E-state index in [1.807, 2.05) is 0 Å². The molecule has 0 radical (unpaired) electrons. The number of Topliss-reactive ketones (excluding diaryl/α,β-unsaturated/α-hetero) is 4. The minimum Gasteiger partial charge on any atom is -0.382 e. The topological polar surface area (TPSA) is 158 Å². The van der Waals surface area contributed by atoms with E-state index < -0.39 is 58.8 Å². The lowest BCUT2D eigenvalue weighted by atomic mass is 9.61. The molecule has 25 heavy (non-hydrogen) atoms. The Bertz CT molecular complexity index is 581. The quantitative estimate of drug-likeness (QED) is 0.229. The van der Waals surface area contributed by atoms with Crippen molar-refractivity contribution in [1.29, 1.82) is 0 Å².